The molecule has 25 heavy (non-hydrogen) atoms. The third kappa shape index (κ3) is 3.61. The summed E-state index contributed by atoms with van der Waals surface area (Å²) in [4.78, 5) is 25.3. The molecule has 0 bridgehead atoms. The number of carbonyl (C=O) groups is 2. The molecule has 0 saturated heterocycles. The van der Waals surface area contributed by atoms with Gasteiger partial charge in [0.1, 0.15) is 0 Å². The first-order chi connectivity index (χ1) is 12.0. The lowest BCUT2D eigenvalue weighted by atomic mass is 10.0. The van der Waals surface area contributed by atoms with Crippen molar-refractivity contribution in [3.05, 3.63) is 82.1 Å². The number of anilines is 1. The van der Waals surface area contributed by atoms with Crippen molar-refractivity contribution in [2.45, 2.75) is 6.92 Å². The third-order valence-electron chi connectivity index (χ3n) is 3.77. The minimum absolute atomic E-state index is 0.207. The lowest BCUT2D eigenvalue weighted by Gasteiger charge is -2.11. The van der Waals surface area contributed by atoms with Gasteiger partial charge in [-0.15, -0.1) is 0 Å². The van der Waals surface area contributed by atoms with E-state index in [0.717, 1.165) is 0 Å². The van der Waals surface area contributed by atoms with Gasteiger partial charge in [0, 0.05) is 29.4 Å². The number of amides is 1. The Morgan fingerprint density at radius 2 is 1.80 bits per heavy atom. The molecule has 0 radical (unpaired) electrons. The molecule has 0 atom stereocenters. The van der Waals surface area contributed by atoms with Crippen LogP contribution in [0.4, 0.5) is 5.69 Å². The summed E-state index contributed by atoms with van der Waals surface area (Å²) >= 11 is 6.05. The second kappa shape index (κ2) is 6.91. The highest BCUT2D eigenvalue weighted by molar-refractivity contribution is 6.31. The van der Waals surface area contributed by atoms with Gasteiger partial charge >= 0.3 is 0 Å². The predicted molar refractivity (Wildman–Crippen MR) is 97.2 cm³/mol. The molecule has 0 saturated carbocycles. The van der Waals surface area contributed by atoms with Gasteiger partial charge in [0.25, 0.3) is 5.91 Å². The van der Waals surface area contributed by atoms with Crippen LogP contribution in [0.1, 0.15) is 32.0 Å². The number of hydrogen-bond donors (Lipinski definition) is 1. The predicted octanol–water partition coefficient (Wildman–Crippen LogP) is 3.87. The molecule has 6 heteroatoms. The van der Waals surface area contributed by atoms with Crippen molar-refractivity contribution < 1.29 is 9.59 Å². The average molecular weight is 354 g/mol. The molecule has 5 nitrogen and oxygen atoms in total. The first-order valence-corrected chi connectivity index (χ1v) is 8.04. The molecule has 1 amide bonds. The summed E-state index contributed by atoms with van der Waals surface area (Å²) < 4.78 is 1.57. The van der Waals surface area contributed by atoms with E-state index < -0.39 is 0 Å². The summed E-state index contributed by atoms with van der Waals surface area (Å²) in [5.74, 6) is -0.531. The largest absolute Gasteiger partial charge is 0.321 e. The van der Waals surface area contributed by atoms with Crippen LogP contribution in [0.25, 0.3) is 0 Å². The lowest BCUT2D eigenvalue weighted by Crippen LogP contribution is -2.15. The molecule has 0 aliphatic carbocycles. The smallest absolute Gasteiger partial charge is 0.259 e. The lowest BCUT2D eigenvalue weighted by molar-refractivity contribution is 0.102. The first kappa shape index (κ1) is 16.9. The summed E-state index contributed by atoms with van der Waals surface area (Å²) in [5.41, 5.74) is 2.35. The van der Waals surface area contributed by atoms with Crippen molar-refractivity contribution in [3.8, 4) is 0 Å². The molecule has 126 valence electrons. The molecule has 2 aromatic carbocycles. The van der Waals surface area contributed by atoms with Gasteiger partial charge in [-0.2, -0.15) is 5.10 Å². The topological polar surface area (TPSA) is 64.0 Å². The van der Waals surface area contributed by atoms with Crippen LogP contribution in [-0.4, -0.2) is 21.5 Å². The molecule has 0 spiro atoms. The Hall–Kier alpha value is -2.92. The van der Waals surface area contributed by atoms with Crippen molar-refractivity contribution >= 4 is 29.0 Å². The maximum Gasteiger partial charge on any atom is 0.259 e. The summed E-state index contributed by atoms with van der Waals surface area (Å²) in [7, 11) is 1.75. The number of hydrogen-bond acceptors (Lipinski definition) is 3. The molecular weight excluding hydrogens is 338 g/mol. The molecule has 0 aliphatic rings. The van der Waals surface area contributed by atoms with E-state index >= 15 is 0 Å². The number of aryl methyl sites for hydroxylation is 2. The Morgan fingerprint density at radius 3 is 2.44 bits per heavy atom. The highest BCUT2D eigenvalue weighted by Crippen LogP contribution is 2.24. The second-order valence-electron chi connectivity index (χ2n) is 5.64. The fraction of sp³-hybridized carbons (Fsp3) is 0.105. The summed E-state index contributed by atoms with van der Waals surface area (Å²) in [6.07, 6.45) is 1.64. The minimum Gasteiger partial charge on any atom is -0.321 e. The van der Waals surface area contributed by atoms with Crippen LogP contribution < -0.4 is 5.32 Å². The fourth-order valence-corrected chi connectivity index (χ4v) is 2.74. The molecule has 1 aromatic heterocycles. The normalized spacial score (nSPS) is 10.5. The van der Waals surface area contributed by atoms with E-state index in [1.807, 2.05) is 6.07 Å². The zero-order valence-electron chi connectivity index (χ0n) is 13.8. The van der Waals surface area contributed by atoms with Crippen molar-refractivity contribution in [2.75, 3.05) is 5.32 Å². The van der Waals surface area contributed by atoms with E-state index in [1.165, 1.54) is 0 Å². The summed E-state index contributed by atoms with van der Waals surface area (Å²) in [6, 6.07) is 13.7. The van der Waals surface area contributed by atoms with Crippen LogP contribution in [0.5, 0.6) is 0 Å². The number of carbonyl (C=O) groups excluding carboxylic acids is 2. The second-order valence-corrected chi connectivity index (χ2v) is 6.08. The van der Waals surface area contributed by atoms with Gasteiger partial charge in [0.05, 0.1) is 16.9 Å². The Balaban J connectivity index is 1.96. The van der Waals surface area contributed by atoms with E-state index in [2.05, 4.69) is 10.4 Å². The number of nitrogens with zero attached hydrogens (tertiary/aromatic N) is 2. The minimum atomic E-state index is -0.324. The van der Waals surface area contributed by atoms with E-state index in [-0.39, 0.29) is 11.7 Å². The molecule has 0 aliphatic heterocycles. The molecule has 1 N–H and O–H groups in total. The molecule has 3 rings (SSSR count). The van der Waals surface area contributed by atoms with Crippen LogP contribution >= 0.6 is 11.6 Å². The highest BCUT2D eigenvalue weighted by Gasteiger charge is 2.18. The monoisotopic (exact) mass is 353 g/mol. The van der Waals surface area contributed by atoms with E-state index in [9.17, 15) is 9.59 Å². The van der Waals surface area contributed by atoms with E-state index in [0.29, 0.717) is 33.1 Å². The van der Waals surface area contributed by atoms with Crippen molar-refractivity contribution in [1.82, 2.24) is 9.78 Å². The third-order valence-corrected chi connectivity index (χ3v) is 4.00. The maximum atomic E-state index is 12.8. The number of aromatic nitrogens is 2. The van der Waals surface area contributed by atoms with Crippen LogP contribution in [-0.2, 0) is 7.05 Å². The van der Waals surface area contributed by atoms with Crippen LogP contribution in [0.3, 0.4) is 0 Å². The average Bonchev–Trinajstić information content (AvgIpc) is 2.95. The van der Waals surface area contributed by atoms with Gasteiger partial charge in [-0.25, -0.2) is 0 Å². The van der Waals surface area contributed by atoms with E-state index in [4.69, 9.17) is 11.6 Å². The van der Waals surface area contributed by atoms with Gasteiger partial charge < -0.3 is 5.32 Å². The van der Waals surface area contributed by atoms with Crippen molar-refractivity contribution in [2.24, 2.45) is 7.05 Å². The fourth-order valence-electron chi connectivity index (χ4n) is 2.57. The zero-order valence-corrected chi connectivity index (χ0v) is 14.5. The van der Waals surface area contributed by atoms with Gasteiger partial charge in [-0.3, -0.25) is 14.3 Å². The summed E-state index contributed by atoms with van der Waals surface area (Å²) in [6.45, 7) is 1.76. The van der Waals surface area contributed by atoms with Crippen molar-refractivity contribution in [3.63, 3.8) is 0 Å². The number of nitrogens with one attached hydrogen (secondary N) is 1. The van der Waals surface area contributed by atoms with Gasteiger partial charge in [-0.1, -0.05) is 41.9 Å². The molecule has 0 unspecified atom stereocenters. The van der Waals surface area contributed by atoms with Gasteiger partial charge in [0.15, 0.2) is 5.78 Å². The zero-order chi connectivity index (χ0) is 18.0. The number of ketones is 1. The van der Waals surface area contributed by atoms with Crippen LogP contribution in [0.15, 0.2) is 54.7 Å². The molecule has 0 fully saturated rings. The highest BCUT2D eigenvalue weighted by atomic mass is 35.5. The number of rotatable bonds is 4. The Kier molecular flexibility index (Phi) is 4.67. The Bertz CT molecular complexity index is 949. The quantitative estimate of drug-likeness (QED) is 0.724. The SMILES string of the molecule is Cc1nn(C)cc1C(=O)Nc1ccc(Cl)cc1C(=O)c1ccccc1. The summed E-state index contributed by atoms with van der Waals surface area (Å²) in [5, 5.41) is 7.37. The number of benzene rings is 2. The molecule has 3 aromatic rings. The standard InChI is InChI=1S/C19H16ClN3O2/c1-12-16(11-23(2)22-12)19(25)21-17-9-8-14(20)10-15(17)18(24)13-6-4-3-5-7-13/h3-11H,1-2H3,(H,21,25). The van der Waals surface area contributed by atoms with Gasteiger partial charge in [-0.05, 0) is 25.1 Å². The number of halogens is 1. The molecular formula is C19H16ClN3O2. The first-order valence-electron chi connectivity index (χ1n) is 7.66. The Morgan fingerprint density at radius 1 is 1.08 bits per heavy atom. The van der Waals surface area contributed by atoms with Crippen molar-refractivity contribution in [1.29, 1.82) is 0 Å². The maximum absolute atomic E-state index is 12.8. The van der Waals surface area contributed by atoms with Gasteiger partial charge in [0.2, 0.25) is 0 Å². The van der Waals surface area contributed by atoms with E-state index in [1.54, 1.807) is 67.3 Å². The molecule has 1 heterocycles. The van der Waals surface area contributed by atoms with Crippen LogP contribution in [0, 0.1) is 6.92 Å². The Labute approximate surface area is 150 Å². The van der Waals surface area contributed by atoms with Crippen LogP contribution in [0.2, 0.25) is 5.02 Å².